The summed E-state index contributed by atoms with van der Waals surface area (Å²) in [6, 6.07) is 3.48. The van der Waals surface area contributed by atoms with Gasteiger partial charge < -0.3 is 0 Å². The average molecular weight is 287 g/mol. The van der Waals surface area contributed by atoms with Gasteiger partial charge in [0.25, 0.3) is 5.56 Å². The third-order valence-corrected chi connectivity index (χ3v) is 3.77. The molecule has 3 rings (SSSR count). The van der Waals surface area contributed by atoms with E-state index in [-0.39, 0.29) is 11.5 Å². The Morgan fingerprint density at radius 1 is 1.35 bits per heavy atom. The Bertz CT molecular complexity index is 808. The fourth-order valence-corrected chi connectivity index (χ4v) is 2.82. The summed E-state index contributed by atoms with van der Waals surface area (Å²) in [4.78, 5) is 21.7. The zero-order valence-electron chi connectivity index (χ0n) is 11.1. The van der Waals surface area contributed by atoms with Gasteiger partial charge in [-0.1, -0.05) is 18.3 Å². The number of hydrogen-bond acceptors (Lipinski definition) is 6. The summed E-state index contributed by atoms with van der Waals surface area (Å²) >= 11 is 1.32. The minimum absolute atomic E-state index is 0.0915. The van der Waals surface area contributed by atoms with Gasteiger partial charge in [-0.15, -0.1) is 5.10 Å². The molecule has 0 aliphatic heterocycles. The highest BCUT2D eigenvalue weighted by atomic mass is 32.1. The molecule has 3 aromatic heterocycles. The van der Waals surface area contributed by atoms with Crippen molar-refractivity contribution in [3.05, 3.63) is 45.6 Å². The molecular weight excluding hydrogens is 274 g/mol. The topological polar surface area (TPSA) is 73.6 Å². The Kier molecular flexibility index (Phi) is 3.27. The monoisotopic (exact) mass is 287 g/mol. The van der Waals surface area contributed by atoms with Crippen molar-refractivity contribution in [2.75, 3.05) is 0 Å². The van der Waals surface area contributed by atoms with Crippen LogP contribution >= 0.6 is 11.5 Å². The molecule has 0 amide bonds. The molecule has 0 fully saturated rings. The Labute approximate surface area is 119 Å². The van der Waals surface area contributed by atoms with Crippen molar-refractivity contribution in [3.8, 4) is 0 Å². The van der Waals surface area contributed by atoms with Gasteiger partial charge >= 0.3 is 0 Å². The SMILES string of the molecule is CC(C)c1nnsc1Cn1cnc2ncccc2c1=O. The first-order chi connectivity index (χ1) is 9.66. The highest BCUT2D eigenvalue weighted by Gasteiger charge is 2.13. The Morgan fingerprint density at radius 3 is 3.00 bits per heavy atom. The fraction of sp³-hybridized carbons (Fsp3) is 0.308. The van der Waals surface area contributed by atoms with Gasteiger partial charge in [0.2, 0.25) is 0 Å². The molecule has 6 nitrogen and oxygen atoms in total. The van der Waals surface area contributed by atoms with Crippen LogP contribution in [-0.2, 0) is 6.54 Å². The Morgan fingerprint density at radius 2 is 2.20 bits per heavy atom. The second-order valence-corrected chi connectivity index (χ2v) is 5.63. The van der Waals surface area contributed by atoms with Crippen molar-refractivity contribution in [1.82, 2.24) is 24.1 Å². The summed E-state index contributed by atoms with van der Waals surface area (Å²) in [5, 5.41) is 4.65. The van der Waals surface area contributed by atoms with Gasteiger partial charge in [-0.05, 0) is 29.6 Å². The third kappa shape index (κ3) is 2.20. The summed E-state index contributed by atoms with van der Waals surface area (Å²) < 4.78 is 5.55. The predicted octanol–water partition coefficient (Wildman–Crippen LogP) is 1.81. The number of hydrogen-bond donors (Lipinski definition) is 0. The summed E-state index contributed by atoms with van der Waals surface area (Å²) in [6.07, 6.45) is 3.16. The van der Waals surface area contributed by atoms with Crippen LogP contribution in [0, 0.1) is 0 Å². The quantitative estimate of drug-likeness (QED) is 0.734. The summed E-state index contributed by atoms with van der Waals surface area (Å²) in [5.74, 6) is 0.287. The van der Waals surface area contributed by atoms with Crippen LogP contribution in [0.3, 0.4) is 0 Å². The number of nitrogens with zero attached hydrogens (tertiary/aromatic N) is 5. The van der Waals surface area contributed by atoms with Crippen LogP contribution in [0.5, 0.6) is 0 Å². The van der Waals surface area contributed by atoms with Gasteiger partial charge in [0, 0.05) is 6.20 Å². The molecular formula is C13H13N5OS. The molecule has 0 aromatic carbocycles. The van der Waals surface area contributed by atoms with Crippen LogP contribution < -0.4 is 5.56 Å². The first-order valence-corrected chi connectivity index (χ1v) is 7.05. The molecule has 0 N–H and O–H groups in total. The maximum absolute atomic E-state index is 12.4. The highest BCUT2D eigenvalue weighted by Crippen LogP contribution is 2.20. The van der Waals surface area contributed by atoms with E-state index in [4.69, 9.17) is 0 Å². The van der Waals surface area contributed by atoms with Crippen LogP contribution in [-0.4, -0.2) is 24.1 Å². The molecule has 0 aliphatic carbocycles. The van der Waals surface area contributed by atoms with E-state index in [9.17, 15) is 4.79 Å². The standard InChI is InChI=1S/C13H13N5OS/c1-8(2)11-10(20-17-16-11)6-18-7-15-12-9(13(18)19)4-3-5-14-12/h3-5,7-8H,6H2,1-2H3. The molecule has 3 aromatic rings. The van der Waals surface area contributed by atoms with Crippen molar-refractivity contribution < 1.29 is 0 Å². The molecule has 0 aliphatic rings. The summed E-state index contributed by atoms with van der Waals surface area (Å²) in [5.41, 5.74) is 1.32. The molecule has 20 heavy (non-hydrogen) atoms. The van der Waals surface area contributed by atoms with E-state index in [1.54, 1.807) is 22.9 Å². The van der Waals surface area contributed by atoms with Gasteiger partial charge in [0.1, 0.15) is 6.33 Å². The average Bonchev–Trinajstić information content (AvgIpc) is 2.91. The predicted molar refractivity (Wildman–Crippen MR) is 76.9 cm³/mol. The molecule has 0 spiro atoms. The second-order valence-electron chi connectivity index (χ2n) is 4.79. The lowest BCUT2D eigenvalue weighted by Gasteiger charge is -2.07. The smallest absolute Gasteiger partial charge is 0.263 e. The van der Waals surface area contributed by atoms with Crippen LogP contribution in [0.1, 0.15) is 30.3 Å². The van der Waals surface area contributed by atoms with Gasteiger partial charge in [0.15, 0.2) is 5.65 Å². The van der Waals surface area contributed by atoms with Crippen LogP contribution in [0.25, 0.3) is 11.0 Å². The van der Waals surface area contributed by atoms with E-state index in [1.807, 2.05) is 0 Å². The van der Waals surface area contributed by atoms with Crippen molar-refractivity contribution in [3.63, 3.8) is 0 Å². The first-order valence-electron chi connectivity index (χ1n) is 6.28. The van der Waals surface area contributed by atoms with Crippen molar-refractivity contribution in [2.24, 2.45) is 0 Å². The molecule has 102 valence electrons. The second kappa shape index (κ2) is 5.09. The van der Waals surface area contributed by atoms with E-state index in [0.29, 0.717) is 17.6 Å². The normalized spacial score (nSPS) is 11.3. The maximum Gasteiger partial charge on any atom is 0.263 e. The zero-order chi connectivity index (χ0) is 14.1. The lowest BCUT2D eigenvalue weighted by atomic mass is 10.1. The van der Waals surface area contributed by atoms with Gasteiger partial charge in [-0.25, -0.2) is 9.97 Å². The molecule has 0 unspecified atom stereocenters. The number of fused-ring (bicyclic) bond motifs is 1. The molecule has 3 heterocycles. The lowest BCUT2D eigenvalue weighted by molar-refractivity contribution is 0.725. The van der Waals surface area contributed by atoms with Crippen molar-refractivity contribution >= 4 is 22.6 Å². The molecule has 0 saturated carbocycles. The van der Waals surface area contributed by atoms with E-state index in [1.165, 1.54) is 17.9 Å². The summed E-state index contributed by atoms with van der Waals surface area (Å²) in [6.45, 7) is 4.57. The van der Waals surface area contributed by atoms with Gasteiger partial charge in [-0.2, -0.15) is 0 Å². The van der Waals surface area contributed by atoms with E-state index >= 15 is 0 Å². The van der Waals surface area contributed by atoms with Gasteiger partial charge in [0.05, 0.1) is 22.5 Å². The van der Waals surface area contributed by atoms with Crippen LogP contribution in [0.2, 0.25) is 0 Å². The van der Waals surface area contributed by atoms with E-state index < -0.39 is 0 Å². The zero-order valence-corrected chi connectivity index (χ0v) is 12.0. The number of pyridine rings is 1. The van der Waals surface area contributed by atoms with Crippen LogP contribution in [0.15, 0.2) is 29.5 Å². The molecule has 7 heteroatoms. The first kappa shape index (κ1) is 12.9. The highest BCUT2D eigenvalue weighted by molar-refractivity contribution is 7.05. The van der Waals surface area contributed by atoms with Crippen molar-refractivity contribution in [2.45, 2.75) is 26.3 Å². The van der Waals surface area contributed by atoms with Crippen molar-refractivity contribution in [1.29, 1.82) is 0 Å². The number of rotatable bonds is 3. The molecule has 0 bridgehead atoms. The fourth-order valence-electron chi connectivity index (χ4n) is 2.03. The van der Waals surface area contributed by atoms with E-state index in [0.717, 1.165) is 10.6 Å². The van der Waals surface area contributed by atoms with E-state index in [2.05, 4.69) is 33.4 Å². The number of aromatic nitrogens is 5. The molecule has 0 saturated heterocycles. The third-order valence-electron chi connectivity index (χ3n) is 3.04. The van der Waals surface area contributed by atoms with Gasteiger partial charge in [-0.3, -0.25) is 9.36 Å². The minimum Gasteiger partial charge on any atom is -0.293 e. The Hall–Kier alpha value is -2.15. The molecule has 0 radical (unpaired) electrons. The Balaban J connectivity index is 2.05. The minimum atomic E-state index is -0.0915. The molecule has 0 atom stereocenters. The van der Waals surface area contributed by atoms with Crippen LogP contribution in [0.4, 0.5) is 0 Å². The lowest BCUT2D eigenvalue weighted by Crippen LogP contribution is -2.21. The largest absolute Gasteiger partial charge is 0.293 e. The maximum atomic E-state index is 12.4. The summed E-state index contributed by atoms with van der Waals surface area (Å²) in [7, 11) is 0.